The third kappa shape index (κ3) is 4.08. The second-order valence-corrected chi connectivity index (χ2v) is 14.0. The molecule has 10 heteroatoms. The summed E-state index contributed by atoms with van der Waals surface area (Å²) in [6.07, 6.45) is 5.12. The number of nitrogens with zero attached hydrogens (tertiary/aromatic N) is 3. The number of hydrogen-bond donors (Lipinski definition) is 3. The maximum Gasteiger partial charge on any atom is 0.281 e. The van der Waals surface area contributed by atoms with Crippen LogP contribution >= 0.6 is 0 Å². The number of fused-ring (bicyclic) bond motifs is 5. The molecule has 7 atom stereocenters. The number of piperidine rings is 1. The molecular weight excluding hydrogens is 570 g/mol. The summed E-state index contributed by atoms with van der Waals surface area (Å²) in [4.78, 5) is 51.4. The zero-order valence-electron chi connectivity index (χ0n) is 26.0. The van der Waals surface area contributed by atoms with Gasteiger partial charge >= 0.3 is 0 Å². The average Bonchev–Trinajstić information content (AvgIpc) is 3.74. The Morgan fingerprint density at radius 2 is 1.96 bits per heavy atom. The standard InChI is InChI=1S/C35H41N5O5/c1-20(2)34(37-31(41)23-16-25-24-11-7-12-26-30(24)22(18-36-26)17-27(25)38(3)19-23)33(43)40-28(15-21-9-5-4-6-10-21)32(42)39-14-8-13-29(39)35(40,44)45-34/h4-7,9-12,18,20,23,25,27-29,36,44H,8,13-17,19H2,1-3H3,(H,37,41)/t23-,25-,27-,28-,29-,34-,35+/m0/s1. The molecule has 5 aliphatic rings. The smallest absolute Gasteiger partial charge is 0.281 e. The van der Waals surface area contributed by atoms with Gasteiger partial charge in [0.05, 0.1) is 5.92 Å². The van der Waals surface area contributed by atoms with Gasteiger partial charge in [-0.3, -0.25) is 24.0 Å². The van der Waals surface area contributed by atoms with Gasteiger partial charge in [0.2, 0.25) is 17.5 Å². The number of aliphatic hydroxyl groups is 1. The molecule has 45 heavy (non-hydrogen) atoms. The van der Waals surface area contributed by atoms with Gasteiger partial charge in [-0.1, -0.05) is 56.3 Å². The molecule has 5 heterocycles. The lowest BCUT2D eigenvalue weighted by Gasteiger charge is -2.48. The molecule has 1 aliphatic carbocycles. The monoisotopic (exact) mass is 611 g/mol. The van der Waals surface area contributed by atoms with E-state index in [2.05, 4.69) is 46.6 Å². The molecule has 3 N–H and O–H groups in total. The molecule has 4 fully saturated rings. The molecule has 3 aromatic rings. The molecule has 0 bridgehead atoms. The summed E-state index contributed by atoms with van der Waals surface area (Å²) in [5, 5.41) is 16.6. The van der Waals surface area contributed by atoms with E-state index in [-0.39, 0.29) is 30.2 Å². The summed E-state index contributed by atoms with van der Waals surface area (Å²) >= 11 is 0. The highest BCUT2D eigenvalue weighted by atomic mass is 16.7. The number of H-pyrrole nitrogens is 1. The Hall–Kier alpha value is -3.73. The topological polar surface area (TPSA) is 118 Å². The summed E-state index contributed by atoms with van der Waals surface area (Å²) in [6.45, 7) is 4.68. The van der Waals surface area contributed by atoms with Crippen molar-refractivity contribution in [3.05, 3.63) is 71.4 Å². The number of carbonyl (C=O) groups is 3. The van der Waals surface area contributed by atoms with Gasteiger partial charge in [0.1, 0.15) is 12.1 Å². The fourth-order valence-electron chi connectivity index (χ4n) is 8.99. The van der Waals surface area contributed by atoms with Crippen molar-refractivity contribution in [3.63, 3.8) is 0 Å². The van der Waals surface area contributed by atoms with E-state index >= 15 is 0 Å². The van der Waals surface area contributed by atoms with Crippen LogP contribution in [0.2, 0.25) is 0 Å². The van der Waals surface area contributed by atoms with Crippen LogP contribution < -0.4 is 5.32 Å². The predicted octanol–water partition coefficient (Wildman–Crippen LogP) is 2.72. The van der Waals surface area contributed by atoms with Crippen molar-refractivity contribution in [1.29, 1.82) is 0 Å². The van der Waals surface area contributed by atoms with Crippen molar-refractivity contribution in [2.75, 3.05) is 20.1 Å². The normalized spacial score (nSPS) is 34.3. The number of likely N-dealkylation sites (N-methyl/N-ethyl adjacent to an activating group) is 1. The Morgan fingerprint density at radius 1 is 1.16 bits per heavy atom. The van der Waals surface area contributed by atoms with Crippen molar-refractivity contribution < 1.29 is 24.2 Å². The van der Waals surface area contributed by atoms with E-state index in [1.54, 1.807) is 4.90 Å². The van der Waals surface area contributed by atoms with E-state index < -0.39 is 41.5 Å². The molecule has 0 unspecified atom stereocenters. The first-order valence-electron chi connectivity index (χ1n) is 16.3. The highest BCUT2D eigenvalue weighted by Crippen LogP contribution is 2.49. The highest BCUT2D eigenvalue weighted by molar-refractivity contribution is 5.98. The summed E-state index contributed by atoms with van der Waals surface area (Å²) in [7, 11) is 2.07. The highest BCUT2D eigenvalue weighted by Gasteiger charge is 2.72. The first kappa shape index (κ1) is 28.7. The maximum atomic E-state index is 14.6. The number of aromatic amines is 1. The van der Waals surface area contributed by atoms with Crippen molar-refractivity contribution in [1.82, 2.24) is 25.0 Å². The van der Waals surface area contributed by atoms with Crippen molar-refractivity contribution >= 4 is 28.6 Å². The van der Waals surface area contributed by atoms with Gasteiger partial charge < -0.3 is 25.2 Å². The molecule has 4 saturated heterocycles. The number of carbonyl (C=O) groups excluding carboxylic acids is 3. The van der Waals surface area contributed by atoms with Crippen LogP contribution in [0.4, 0.5) is 0 Å². The molecule has 0 spiro atoms. The molecule has 236 valence electrons. The Kier molecular flexibility index (Phi) is 6.47. The summed E-state index contributed by atoms with van der Waals surface area (Å²) in [6, 6.07) is 14.5. The average molecular weight is 612 g/mol. The number of ether oxygens (including phenoxy) is 1. The second kappa shape index (κ2) is 10.1. The van der Waals surface area contributed by atoms with Crippen LogP contribution in [-0.2, 0) is 32.0 Å². The number of hydrogen-bond acceptors (Lipinski definition) is 6. The lowest BCUT2D eigenvalue weighted by atomic mass is 9.72. The fraction of sp³-hybridized carbons (Fsp3) is 0.514. The van der Waals surface area contributed by atoms with Gasteiger partial charge in [0.25, 0.3) is 11.8 Å². The van der Waals surface area contributed by atoms with E-state index in [1.165, 1.54) is 21.4 Å². The first-order valence-corrected chi connectivity index (χ1v) is 16.3. The van der Waals surface area contributed by atoms with E-state index in [9.17, 15) is 19.5 Å². The van der Waals surface area contributed by atoms with Crippen molar-refractivity contribution in [2.24, 2.45) is 11.8 Å². The minimum Gasteiger partial charge on any atom is -0.361 e. The zero-order chi connectivity index (χ0) is 31.2. The summed E-state index contributed by atoms with van der Waals surface area (Å²) in [5.74, 6) is -3.80. The molecular formula is C35H41N5O5. The molecule has 0 saturated carbocycles. The van der Waals surface area contributed by atoms with Gasteiger partial charge in [-0.2, -0.15) is 0 Å². The minimum absolute atomic E-state index is 0.164. The molecule has 10 nitrogen and oxygen atoms in total. The van der Waals surface area contributed by atoms with Gasteiger partial charge in [-0.05, 0) is 55.5 Å². The largest absolute Gasteiger partial charge is 0.361 e. The van der Waals surface area contributed by atoms with Gasteiger partial charge in [-0.25, -0.2) is 0 Å². The van der Waals surface area contributed by atoms with Crippen LogP contribution in [0.15, 0.2) is 54.7 Å². The predicted molar refractivity (Wildman–Crippen MR) is 167 cm³/mol. The number of piperazine rings is 1. The number of rotatable bonds is 5. The number of aromatic nitrogens is 1. The summed E-state index contributed by atoms with van der Waals surface area (Å²) in [5.41, 5.74) is 2.75. The van der Waals surface area contributed by atoms with E-state index in [1.807, 2.05) is 44.2 Å². The maximum absolute atomic E-state index is 14.6. The van der Waals surface area contributed by atoms with E-state index in [0.717, 1.165) is 17.5 Å². The Morgan fingerprint density at radius 3 is 2.73 bits per heavy atom. The number of amides is 3. The van der Waals surface area contributed by atoms with Crippen LogP contribution in [0.5, 0.6) is 0 Å². The number of benzene rings is 2. The molecule has 2 aromatic carbocycles. The first-order chi connectivity index (χ1) is 21.6. The van der Waals surface area contributed by atoms with Crippen molar-refractivity contribution in [2.45, 2.75) is 81.6 Å². The van der Waals surface area contributed by atoms with Crippen LogP contribution in [0.3, 0.4) is 0 Å². The lowest BCUT2D eigenvalue weighted by molar-refractivity contribution is -0.321. The van der Waals surface area contributed by atoms with E-state index in [0.29, 0.717) is 32.4 Å². The van der Waals surface area contributed by atoms with Gasteiger partial charge in [0.15, 0.2) is 0 Å². The lowest BCUT2D eigenvalue weighted by Crippen LogP contribution is -2.71. The SMILES string of the molecule is CC(C)[C@]1(NC(=O)[C@H]2C[C@H]3c4cccc5[nH]cc(c45)C[C@@H]3N(C)C2)O[C@]2(O)[C@@H]3CCCN3C(=O)[C@H](Cc3ccccc3)N2C1=O. The molecule has 0 radical (unpaired) electrons. The molecule has 8 rings (SSSR count). The second-order valence-electron chi connectivity index (χ2n) is 14.0. The third-order valence-electron chi connectivity index (χ3n) is 11.2. The molecule has 4 aliphatic heterocycles. The zero-order valence-corrected chi connectivity index (χ0v) is 26.0. The minimum atomic E-state index is -2.04. The molecule has 1 aromatic heterocycles. The van der Waals surface area contributed by atoms with Crippen LogP contribution in [0.25, 0.3) is 10.9 Å². The molecule has 3 amide bonds. The number of likely N-dealkylation sites (tertiary alicyclic amines) is 1. The van der Waals surface area contributed by atoms with Crippen LogP contribution in [0, 0.1) is 11.8 Å². The number of nitrogens with one attached hydrogen (secondary N) is 2. The third-order valence-corrected chi connectivity index (χ3v) is 11.2. The van der Waals surface area contributed by atoms with Crippen molar-refractivity contribution in [3.8, 4) is 0 Å². The van der Waals surface area contributed by atoms with E-state index in [4.69, 9.17) is 4.74 Å². The Bertz CT molecular complexity index is 1690. The van der Waals surface area contributed by atoms with Crippen LogP contribution in [0.1, 0.15) is 55.7 Å². The van der Waals surface area contributed by atoms with Crippen LogP contribution in [-0.4, -0.2) is 92.4 Å². The fourth-order valence-corrected chi connectivity index (χ4v) is 8.99. The quantitative estimate of drug-likeness (QED) is 0.409. The summed E-state index contributed by atoms with van der Waals surface area (Å²) < 4.78 is 6.51. The Balaban J connectivity index is 1.12. The van der Waals surface area contributed by atoms with Gasteiger partial charge in [-0.15, -0.1) is 0 Å². The van der Waals surface area contributed by atoms with Gasteiger partial charge in [0, 0.05) is 54.5 Å². The Labute approximate surface area is 262 Å².